The zero-order valence-electron chi connectivity index (χ0n) is 7.53. The number of hydrogen-bond acceptors (Lipinski definition) is 3. The minimum atomic E-state index is -0.865. The molecule has 2 aromatic heterocycles. The van der Waals surface area contributed by atoms with Gasteiger partial charge in [-0.05, 0) is 28.1 Å². The Hall–Kier alpha value is -1.14. The van der Waals surface area contributed by atoms with Crippen molar-refractivity contribution < 1.29 is 9.90 Å². The molecule has 6 heteroatoms. The van der Waals surface area contributed by atoms with Gasteiger partial charge in [0, 0.05) is 10.4 Å². The maximum Gasteiger partial charge on any atom is 0.309 e. The number of H-pyrrole nitrogens is 1. The highest BCUT2D eigenvalue weighted by molar-refractivity contribution is 9.11. The molecule has 0 spiro atoms. The average Bonchev–Trinajstić information content (AvgIpc) is 2.72. The number of carboxylic acids is 1. The third-order valence-electron chi connectivity index (χ3n) is 1.88. The number of rotatable bonds is 3. The molecule has 2 aromatic rings. The third-order valence-corrected chi connectivity index (χ3v) is 3.54. The Morgan fingerprint density at radius 2 is 2.40 bits per heavy atom. The van der Waals surface area contributed by atoms with Crippen LogP contribution in [0.2, 0.25) is 0 Å². The molecule has 0 aliphatic heterocycles. The Labute approximate surface area is 98.1 Å². The van der Waals surface area contributed by atoms with Gasteiger partial charge < -0.3 is 5.11 Å². The zero-order chi connectivity index (χ0) is 10.8. The molecule has 0 aliphatic rings. The smallest absolute Gasteiger partial charge is 0.309 e. The van der Waals surface area contributed by atoms with Crippen LogP contribution in [0.25, 0.3) is 10.4 Å². The first-order chi connectivity index (χ1) is 7.16. The Bertz CT molecular complexity index is 492. The van der Waals surface area contributed by atoms with Crippen molar-refractivity contribution >= 4 is 33.2 Å². The molecular formula is C9H7BrN2O2S. The lowest BCUT2D eigenvalue weighted by Gasteiger charge is -1.96. The van der Waals surface area contributed by atoms with Gasteiger partial charge in [0.1, 0.15) is 0 Å². The second-order valence-corrected chi connectivity index (χ2v) is 5.40. The summed E-state index contributed by atoms with van der Waals surface area (Å²) >= 11 is 4.92. The fraction of sp³-hybridized carbons (Fsp3) is 0.111. The van der Waals surface area contributed by atoms with Crippen molar-refractivity contribution in [3.8, 4) is 10.4 Å². The van der Waals surface area contributed by atoms with Gasteiger partial charge in [-0.3, -0.25) is 9.89 Å². The van der Waals surface area contributed by atoms with E-state index in [1.165, 1.54) is 0 Å². The third kappa shape index (κ3) is 2.27. The van der Waals surface area contributed by atoms with Crippen molar-refractivity contribution in [3.05, 3.63) is 27.8 Å². The fourth-order valence-corrected chi connectivity index (χ4v) is 2.69. The van der Waals surface area contributed by atoms with E-state index in [9.17, 15) is 4.79 Å². The van der Waals surface area contributed by atoms with Gasteiger partial charge in [0.2, 0.25) is 0 Å². The van der Waals surface area contributed by atoms with E-state index in [1.807, 2.05) is 12.1 Å². The first kappa shape index (κ1) is 10.4. The van der Waals surface area contributed by atoms with E-state index in [2.05, 4.69) is 26.1 Å². The highest BCUT2D eigenvalue weighted by Crippen LogP contribution is 2.32. The lowest BCUT2D eigenvalue weighted by atomic mass is 10.2. The van der Waals surface area contributed by atoms with Crippen LogP contribution in [-0.4, -0.2) is 21.3 Å². The lowest BCUT2D eigenvalue weighted by Crippen LogP contribution is -2.01. The molecule has 0 aliphatic carbocycles. The van der Waals surface area contributed by atoms with Crippen LogP contribution in [0.4, 0.5) is 0 Å². The molecule has 0 aromatic carbocycles. The topological polar surface area (TPSA) is 66.0 Å². The van der Waals surface area contributed by atoms with Crippen LogP contribution >= 0.6 is 27.3 Å². The fourth-order valence-electron chi connectivity index (χ4n) is 1.27. The number of thiophene rings is 1. The Morgan fingerprint density at radius 3 is 3.00 bits per heavy atom. The van der Waals surface area contributed by atoms with Crippen molar-refractivity contribution in [2.24, 2.45) is 0 Å². The van der Waals surface area contributed by atoms with Gasteiger partial charge in [0.15, 0.2) is 0 Å². The lowest BCUT2D eigenvalue weighted by molar-refractivity contribution is -0.136. The highest BCUT2D eigenvalue weighted by Gasteiger charge is 2.12. The summed E-state index contributed by atoms with van der Waals surface area (Å²) in [5.41, 5.74) is 1.49. The Balaban J connectivity index is 2.36. The molecule has 15 heavy (non-hydrogen) atoms. The number of aromatic nitrogens is 2. The van der Waals surface area contributed by atoms with Gasteiger partial charge in [-0.15, -0.1) is 11.3 Å². The summed E-state index contributed by atoms with van der Waals surface area (Å²) in [6, 6.07) is 3.86. The Kier molecular flexibility index (Phi) is 2.88. The molecule has 0 fully saturated rings. The molecule has 0 atom stereocenters. The number of aliphatic carboxylic acids is 1. The second kappa shape index (κ2) is 4.16. The van der Waals surface area contributed by atoms with Crippen molar-refractivity contribution in [3.63, 3.8) is 0 Å². The van der Waals surface area contributed by atoms with Crippen LogP contribution < -0.4 is 0 Å². The van der Waals surface area contributed by atoms with E-state index in [0.29, 0.717) is 5.69 Å². The molecule has 0 saturated carbocycles. The average molecular weight is 287 g/mol. The van der Waals surface area contributed by atoms with E-state index in [4.69, 9.17) is 5.11 Å². The largest absolute Gasteiger partial charge is 0.481 e. The van der Waals surface area contributed by atoms with Crippen molar-refractivity contribution in [2.75, 3.05) is 0 Å². The highest BCUT2D eigenvalue weighted by atomic mass is 79.9. The SMILES string of the molecule is O=C(O)Cc1[nH]ncc1-c1ccc(Br)s1. The summed E-state index contributed by atoms with van der Waals surface area (Å²) in [6.45, 7) is 0. The van der Waals surface area contributed by atoms with E-state index < -0.39 is 5.97 Å². The number of hydrogen-bond donors (Lipinski definition) is 2. The molecule has 2 N–H and O–H groups in total. The molecule has 0 amide bonds. The molecule has 4 nitrogen and oxygen atoms in total. The number of nitrogens with one attached hydrogen (secondary N) is 1. The number of halogens is 1. The maximum atomic E-state index is 10.6. The standard InChI is InChI=1S/C9H7BrN2O2S/c10-8-2-1-7(15-8)5-4-11-12-6(5)3-9(13)14/h1-2,4H,3H2,(H,11,12)(H,13,14). The van der Waals surface area contributed by atoms with E-state index in [1.54, 1.807) is 17.5 Å². The normalized spacial score (nSPS) is 10.5. The minimum Gasteiger partial charge on any atom is -0.481 e. The molecule has 2 heterocycles. The van der Waals surface area contributed by atoms with Gasteiger partial charge in [0.25, 0.3) is 0 Å². The summed E-state index contributed by atoms with van der Waals surface area (Å²) in [5.74, 6) is -0.865. The van der Waals surface area contributed by atoms with Gasteiger partial charge >= 0.3 is 5.97 Å². The number of nitrogens with zero attached hydrogens (tertiary/aromatic N) is 1. The van der Waals surface area contributed by atoms with Crippen LogP contribution in [0.5, 0.6) is 0 Å². The van der Waals surface area contributed by atoms with Crippen molar-refractivity contribution in [1.29, 1.82) is 0 Å². The van der Waals surface area contributed by atoms with Crippen molar-refractivity contribution in [1.82, 2.24) is 10.2 Å². The predicted octanol–water partition coefficient (Wildman–Crippen LogP) is 2.53. The van der Waals surface area contributed by atoms with Crippen molar-refractivity contribution in [2.45, 2.75) is 6.42 Å². The van der Waals surface area contributed by atoms with Gasteiger partial charge in [0.05, 0.1) is 22.1 Å². The minimum absolute atomic E-state index is 0.0369. The molecule has 78 valence electrons. The van der Waals surface area contributed by atoms with E-state index >= 15 is 0 Å². The molecule has 0 unspecified atom stereocenters. The van der Waals surface area contributed by atoms with Gasteiger partial charge in [-0.25, -0.2) is 0 Å². The van der Waals surface area contributed by atoms with Crippen LogP contribution in [0, 0.1) is 0 Å². The van der Waals surface area contributed by atoms with E-state index in [0.717, 1.165) is 14.2 Å². The molecule has 0 bridgehead atoms. The summed E-state index contributed by atoms with van der Waals surface area (Å²) in [6.07, 6.45) is 1.61. The van der Waals surface area contributed by atoms with Gasteiger partial charge in [-0.2, -0.15) is 5.10 Å². The summed E-state index contributed by atoms with van der Waals surface area (Å²) in [4.78, 5) is 11.6. The summed E-state index contributed by atoms with van der Waals surface area (Å²) in [7, 11) is 0. The number of carboxylic acid groups (broad SMARTS) is 1. The van der Waals surface area contributed by atoms with Gasteiger partial charge in [-0.1, -0.05) is 0 Å². The molecule has 0 saturated heterocycles. The number of aromatic amines is 1. The second-order valence-electron chi connectivity index (χ2n) is 2.94. The molecule has 0 radical (unpaired) electrons. The summed E-state index contributed by atoms with van der Waals surface area (Å²) < 4.78 is 1.01. The van der Waals surface area contributed by atoms with E-state index in [-0.39, 0.29) is 6.42 Å². The first-order valence-corrected chi connectivity index (χ1v) is 5.77. The Morgan fingerprint density at radius 1 is 1.60 bits per heavy atom. The molecule has 2 rings (SSSR count). The van der Waals surface area contributed by atoms with Crippen LogP contribution in [-0.2, 0) is 11.2 Å². The van der Waals surface area contributed by atoms with Crippen LogP contribution in [0.15, 0.2) is 22.1 Å². The zero-order valence-corrected chi connectivity index (χ0v) is 9.93. The molecular weight excluding hydrogens is 280 g/mol. The van der Waals surface area contributed by atoms with Crippen LogP contribution in [0.1, 0.15) is 5.69 Å². The summed E-state index contributed by atoms with van der Waals surface area (Å²) in [5, 5.41) is 15.3. The quantitative estimate of drug-likeness (QED) is 0.911. The number of carbonyl (C=O) groups is 1. The first-order valence-electron chi connectivity index (χ1n) is 4.16. The monoisotopic (exact) mass is 286 g/mol. The predicted molar refractivity (Wildman–Crippen MR) is 60.9 cm³/mol. The maximum absolute atomic E-state index is 10.6. The van der Waals surface area contributed by atoms with Crippen LogP contribution in [0.3, 0.4) is 0 Å².